The van der Waals surface area contributed by atoms with Crippen molar-refractivity contribution in [3.05, 3.63) is 35.4 Å². The van der Waals surface area contributed by atoms with Gasteiger partial charge in [0.05, 0.1) is 0 Å². The lowest BCUT2D eigenvalue weighted by molar-refractivity contribution is 0.428. The maximum atomic E-state index is 3.51. The number of rotatable bonds is 6. The normalized spacial score (nSPS) is 17.4. The van der Waals surface area contributed by atoms with Gasteiger partial charge in [0, 0.05) is 0 Å². The molecule has 1 atom stereocenters. The van der Waals surface area contributed by atoms with Crippen LogP contribution in [0, 0.1) is 18.8 Å². The van der Waals surface area contributed by atoms with E-state index < -0.39 is 0 Å². The highest BCUT2D eigenvalue weighted by Gasteiger charge is 2.30. The second kappa shape index (κ2) is 5.49. The van der Waals surface area contributed by atoms with Crippen molar-refractivity contribution in [1.82, 2.24) is 5.32 Å². The van der Waals surface area contributed by atoms with E-state index in [1.54, 1.807) is 0 Å². The van der Waals surface area contributed by atoms with Crippen molar-refractivity contribution in [3.63, 3.8) is 0 Å². The summed E-state index contributed by atoms with van der Waals surface area (Å²) in [5, 5.41) is 3.51. The molecular weight excluding hydrogens is 194 g/mol. The lowest BCUT2D eigenvalue weighted by Gasteiger charge is -2.17. The minimum atomic E-state index is 0.848. The molecule has 1 aromatic rings. The van der Waals surface area contributed by atoms with Gasteiger partial charge in [-0.3, -0.25) is 0 Å². The topological polar surface area (TPSA) is 12.0 Å². The van der Waals surface area contributed by atoms with Crippen molar-refractivity contribution in [2.75, 3.05) is 13.1 Å². The smallest absolute Gasteiger partial charge is 0.00148 e. The lowest BCUT2D eigenvalue weighted by atomic mass is 9.92. The number of hydrogen-bond donors (Lipinski definition) is 1. The Morgan fingerprint density at radius 1 is 1.31 bits per heavy atom. The SMILES string of the molecule is CCNCC(Cc1ccccc1C)C1CC1. The molecule has 1 fully saturated rings. The van der Waals surface area contributed by atoms with E-state index in [1.165, 1.54) is 36.9 Å². The molecule has 1 aliphatic rings. The Bertz CT molecular complexity index is 328. The van der Waals surface area contributed by atoms with Crippen LogP contribution in [0.5, 0.6) is 0 Å². The monoisotopic (exact) mass is 217 g/mol. The molecule has 1 N–H and O–H groups in total. The molecule has 1 aromatic carbocycles. The summed E-state index contributed by atoms with van der Waals surface area (Å²) in [6.07, 6.45) is 4.15. The number of hydrogen-bond acceptors (Lipinski definition) is 1. The first kappa shape index (κ1) is 11.7. The van der Waals surface area contributed by atoms with Gasteiger partial charge in [0.15, 0.2) is 0 Å². The van der Waals surface area contributed by atoms with Gasteiger partial charge in [0.2, 0.25) is 0 Å². The van der Waals surface area contributed by atoms with Crippen LogP contribution in [-0.4, -0.2) is 13.1 Å². The summed E-state index contributed by atoms with van der Waals surface area (Å²) in [6.45, 7) is 6.71. The predicted octanol–water partition coefficient (Wildman–Crippen LogP) is 3.17. The van der Waals surface area contributed by atoms with Gasteiger partial charge < -0.3 is 5.32 Å². The van der Waals surface area contributed by atoms with Crippen LogP contribution < -0.4 is 5.32 Å². The quantitative estimate of drug-likeness (QED) is 0.771. The molecular formula is C15H23N. The van der Waals surface area contributed by atoms with Crippen LogP contribution >= 0.6 is 0 Å². The summed E-state index contributed by atoms with van der Waals surface area (Å²) in [4.78, 5) is 0. The molecule has 0 radical (unpaired) electrons. The van der Waals surface area contributed by atoms with Gasteiger partial charge in [0.1, 0.15) is 0 Å². The highest BCUT2D eigenvalue weighted by atomic mass is 14.8. The van der Waals surface area contributed by atoms with E-state index in [4.69, 9.17) is 0 Å². The second-order valence-electron chi connectivity index (χ2n) is 5.04. The van der Waals surface area contributed by atoms with Gasteiger partial charge in [-0.15, -0.1) is 0 Å². The third kappa shape index (κ3) is 3.08. The molecule has 0 spiro atoms. The average Bonchev–Trinajstić information content (AvgIpc) is 3.10. The summed E-state index contributed by atoms with van der Waals surface area (Å²) in [6, 6.07) is 8.82. The largest absolute Gasteiger partial charge is 0.317 e. The summed E-state index contributed by atoms with van der Waals surface area (Å²) in [5.74, 6) is 1.83. The number of benzene rings is 1. The van der Waals surface area contributed by atoms with Crippen molar-refractivity contribution in [2.24, 2.45) is 11.8 Å². The molecule has 1 nitrogen and oxygen atoms in total. The zero-order valence-corrected chi connectivity index (χ0v) is 10.5. The third-order valence-corrected chi connectivity index (χ3v) is 3.69. The molecule has 1 unspecified atom stereocenters. The Balaban J connectivity index is 1.97. The van der Waals surface area contributed by atoms with E-state index in [1.807, 2.05) is 0 Å². The van der Waals surface area contributed by atoms with E-state index in [9.17, 15) is 0 Å². The summed E-state index contributed by atoms with van der Waals surface area (Å²) < 4.78 is 0. The van der Waals surface area contributed by atoms with Crippen molar-refractivity contribution in [1.29, 1.82) is 0 Å². The molecule has 0 bridgehead atoms. The molecule has 88 valence electrons. The van der Waals surface area contributed by atoms with Crippen molar-refractivity contribution >= 4 is 0 Å². The van der Waals surface area contributed by atoms with Crippen LogP contribution in [0.2, 0.25) is 0 Å². The van der Waals surface area contributed by atoms with Crippen molar-refractivity contribution in [3.8, 4) is 0 Å². The fourth-order valence-corrected chi connectivity index (χ4v) is 2.42. The lowest BCUT2D eigenvalue weighted by Crippen LogP contribution is -2.25. The Morgan fingerprint density at radius 2 is 2.06 bits per heavy atom. The molecule has 0 amide bonds. The number of aryl methyl sites for hydroxylation is 1. The minimum Gasteiger partial charge on any atom is -0.317 e. The minimum absolute atomic E-state index is 0.848. The Kier molecular flexibility index (Phi) is 4.00. The van der Waals surface area contributed by atoms with Crippen LogP contribution in [0.25, 0.3) is 0 Å². The van der Waals surface area contributed by atoms with Gasteiger partial charge in [-0.25, -0.2) is 0 Å². The maximum absolute atomic E-state index is 3.51. The molecule has 0 saturated heterocycles. The van der Waals surface area contributed by atoms with Gasteiger partial charge in [-0.2, -0.15) is 0 Å². The molecule has 0 aromatic heterocycles. The molecule has 2 rings (SSSR count). The fraction of sp³-hybridized carbons (Fsp3) is 0.600. The molecule has 1 saturated carbocycles. The first-order chi connectivity index (χ1) is 7.81. The zero-order valence-electron chi connectivity index (χ0n) is 10.5. The van der Waals surface area contributed by atoms with Crippen molar-refractivity contribution in [2.45, 2.75) is 33.1 Å². The second-order valence-corrected chi connectivity index (χ2v) is 5.04. The third-order valence-electron chi connectivity index (χ3n) is 3.69. The van der Waals surface area contributed by atoms with Crippen LogP contribution in [0.3, 0.4) is 0 Å². The highest BCUT2D eigenvalue weighted by Crippen LogP contribution is 2.38. The van der Waals surface area contributed by atoms with E-state index in [0.717, 1.165) is 18.4 Å². The van der Waals surface area contributed by atoms with E-state index in [2.05, 4.69) is 43.4 Å². The van der Waals surface area contributed by atoms with Gasteiger partial charge >= 0.3 is 0 Å². The molecule has 0 aliphatic heterocycles. The molecule has 1 heteroatoms. The first-order valence-corrected chi connectivity index (χ1v) is 6.56. The summed E-state index contributed by atoms with van der Waals surface area (Å²) in [5.41, 5.74) is 2.99. The van der Waals surface area contributed by atoms with E-state index >= 15 is 0 Å². The Hall–Kier alpha value is -0.820. The molecule has 16 heavy (non-hydrogen) atoms. The van der Waals surface area contributed by atoms with Crippen LogP contribution in [0.15, 0.2) is 24.3 Å². The fourth-order valence-electron chi connectivity index (χ4n) is 2.42. The van der Waals surface area contributed by atoms with Crippen molar-refractivity contribution < 1.29 is 0 Å². The van der Waals surface area contributed by atoms with Gasteiger partial charge in [0.25, 0.3) is 0 Å². The van der Waals surface area contributed by atoms with Gasteiger partial charge in [-0.1, -0.05) is 31.2 Å². The van der Waals surface area contributed by atoms with Crippen LogP contribution in [0.1, 0.15) is 30.9 Å². The summed E-state index contributed by atoms with van der Waals surface area (Å²) >= 11 is 0. The first-order valence-electron chi connectivity index (χ1n) is 6.56. The van der Waals surface area contributed by atoms with E-state index in [0.29, 0.717) is 0 Å². The van der Waals surface area contributed by atoms with Crippen LogP contribution in [0.4, 0.5) is 0 Å². The van der Waals surface area contributed by atoms with E-state index in [-0.39, 0.29) is 0 Å². The standard InChI is InChI=1S/C15H23N/c1-3-16-11-15(13-8-9-13)10-14-7-5-4-6-12(14)2/h4-7,13,15-16H,3,8-11H2,1-2H3. The average molecular weight is 217 g/mol. The highest BCUT2D eigenvalue weighted by molar-refractivity contribution is 5.26. The maximum Gasteiger partial charge on any atom is -0.00148 e. The number of nitrogens with one attached hydrogen (secondary N) is 1. The Labute approximate surface area is 99.3 Å². The zero-order chi connectivity index (χ0) is 11.4. The predicted molar refractivity (Wildman–Crippen MR) is 69.6 cm³/mol. The molecule has 0 heterocycles. The summed E-state index contributed by atoms with van der Waals surface area (Å²) in [7, 11) is 0. The molecule has 1 aliphatic carbocycles. The Morgan fingerprint density at radius 3 is 2.69 bits per heavy atom. The van der Waals surface area contributed by atoms with Crippen LogP contribution in [-0.2, 0) is 6.42 Å². The van der Waals surface area contributed by atoms with Gasteiger partial charge in [-0.05, 0) is 62.2 Å².